The van der Waals surface area contributed by atoms with Crippen molar-refractivity contribution < 1.29 is 9.53 Å². The molecule has 3 aromatic rings. The summed E-state index contributed by atoms with van der Waals surface area (Å²) in [4.78, 5) is 33.7. The van der Waals surface area contributed by atoms with E-state index >= 15 is 0 Å². The van der Waals surface area contributed by atoms with Crippen molar-refractivity contribution in [2.45, 2.75) is 12.0 Å². The molecule has 0 radical (unpaired) electrons. The summed E-state index contributed by atoms with van der Waals surface area (Å²) in [5.74, 6) is 1.72. The number of likely N-dealkylation sites (tertiary alicyclic amines) is 1. The van der Waals surface area contributed by atoms with Crippen LogP contribution in [-0.2, 0) is 4.79 Å². The fraction of sp³-hybridized carbons (Fsp3) is 0.286. The van der Waals surface area contributed by atoms with E-state index in [2.05, 4.69) is 31.7 Å². The van der Waals surface area contributed by atoms with Crippen molar-refractivity contribution >= 4 is 45.9 Å². The van der Waals surface area contributed by atoms with Crippen LogP contribution in [0.25, 0.3) is 11.0 Å². The number of hydrogen-bond acceptors (Lipinski definition) is 8. The first-order valence-electron chi connectivity index (χ1n) is 9.80. The highest BCUT2D eigenvalue weighted by Crippen LogP contribution is 2.41. The standard InChI is InChI=1S/C21H20ClN7O2/c1-3-17(30)29-7-6-21(29)10-28(11-21)16-5-4-15-18(27-16)19(25-12-24-15)26-13-8-14(22)20(31-2)23-9-13/h3-5,8-9,12H,1,6-7,10-11H2,2H3,(H,24,25,26). The SMILES string of the molecule is C=CC(=O)N1CCC12CN(c1ccc3ncnc(Nc4cnc(OC)c(Cl)c4)c3n1)C2. The van der Waals surface area contributed by atoms with Gasteiger partial charge in [0.15, 0.2) is 5.82 Å². The number of rotatable bonds is 5. The number of pyridine rings is 2. The van der Waals surface area contributed by atoms with E-state index in [0.29, 0.717) is 27.9 Å². The summed E-state index contributed by atoms with van der Waals surface area (Å²) < 4.78 is 5.10. The molecule has 0 saturated carbocycles. The number of halogens is 1. The van der Waals surface area contributed by atoms with Crippen LogP contribution in [0.3, 0.4) is 0 Å². The zero-order chi connectivity index (χ0) is 21.6. The number of methoxy groups -OCH3 is 1. The second-order valence-electron chi connectivity index (χ2n) is 7.62. The number of fused-ring (bicyclic) bond motifs is 1. The van der Waals surface area contributed by atoms with Crippen LogP contribution in [0.2, 0.25) is 5.02 Å². The van der Waals surface area contributed by atoms with Gasteiger partial charge in [0.2, 0.25) is 11.8 Å². The first kappa shape index (κ1) is 19.5. The first-order valence-corrected chi connectivity index (χ1v) is 10.2. The van der Waals surface area contributed by atoms with Crippen LogP contribution >= 0.6 is 11.6 Å². The summed E-state index contributed by atoms with van der Waals surface area (Å²) in [7, 11) is 1.51. The lowest BCUT2D eigenvalue weighted by atomic mass is 9.77. The van der Waals surface area contributed by atoms with Crippen molar-refractivity contribution in [3.05, 3.63) is 48.4 Å². The van der Waals surface area contributed by atoms with Crippen LogP contribution in [0.1, 0.15) is 6.42 Å². The van der Waals surface area contributed by atoms with Gasteiger partial charge in [-0.05, 0) is 30.7 Å². The third kappa shape index (κ3) is 3.21. The van der Waals surface area contributed by atoms with Crippen LogP contribution in [0.5, 0.6) is 5.88 Å². The van der Waals surface area contributed by atoms with E-state index in [1.165, 1.54) is 19.5 Å². The van der Waals surface area contributed by atoms with Gasteiger partial charge in [-0.15, -0.1) is 0 Å². The lowest BCUT2D eigenvalue weighted by Crippen LogP contribution is -2.78. The molecule has 0 unspecified atom stereocenters. The Labute approximate surface area is 183 Å². The number of amides is 1. The average molecular weight is 438 g/mol. The number of carbonyl (C=O) groups excluding carboxylic acids is 1. The Balaban J connectivity index is 1.40. The molecule has 1 amide bonds. The van der Waals surface area contributed by atoms with Crippen molar-refractivity contribution in [2.24, 2.45) is 0 Å². The van der Waals surface area contributed by atoms with Crippen LogP contribution in [0, 0.1) is 0 Å². The van der Waals surface area contributed by atoms with E-state index in [4.69, 9.17) is 21.3 Å². The number of anilines is 3. The summed E-state index contributed by atoms with van der Waals surface area (Å²) in [5.41, 5.74) is 1.92. The minimum absolute atomic E-state index is 0.0102. The third-order valence-electron chi connectivity index (χ3n) is 5.84. The number of nitrogens with one attached hydrogen (secondary N) is 1. The molecule has 158 valence electrons. The summed E-state index contributed by atoms with van der Waals surface area (Å²) in [6.07, 6.45) is 5.48. The van der Waals surface area contributed by atoms with Crippen LogP contribution in [-0.4, -0.2) is 63.0 Å². The number of hydrogen-bond donors (Lipinski definition) is 1. The Morgan fingerprint density at radius 1 is 1.32 bits per heavy atom. The maximum absolute atomic E-state index is 12.0. The van der Waals surface area contributed by atoms with Crippen molar-refractivity contribution in [3.8, 4) is 5.88 Å². The normalized spacial score (nSPS) is 16.6. The molecular weight excluding hydrogens is 418 g/mol. The van der Waals surface area contributed by atoms with Gasteiger partial charge in [0, 0.05) is 19.6 Å². The Morgan fingerprint density at radius 3 is 2.84 bits per heavy atom. The predicted molar refractivity (Wildman–Crippen MR) is 118 cm³/mol. The van der Waals surface area contributed by atoms with E-state index in [-0.39, 0.29) is 11.4 Å². The van der Waals surface area contributed by atoms with Gasteiger partial charge in [-0.3, -0.25) is 4.79 Å². The molecule has 2 fully saturated rings. The highest BCUT2D eigenvalue weighted by atomic mass is 35.5. The van der Waals surface area contributed by atoms with Crippen molar-refractivity contribution in [1.82, 2.24) is 24.8 Å². The van der Waals surface area contributed by atoms with Crippen LogP contribution in [0.15, 0.2) is 43.4 Å². The van der Waals surface area contributed by atoms with E-state index in [9.17, 15) is 4.79 Å². The molecule has 0 bridgehead atoms. The maximum Gasteiger partial charge on any atom is 0.246 e. The summed E-state index contributed by atoms with van der Waals surface area (Å²) >= 11 is 6.18. The lowest BCUT2D eigenvalue weighted by Gasteiger charge is -2.62. The van der Waals surface area contributed by atoms with Gasteiger partial charge in [-0.1, -0.05) is 18.2 Å². The Morgan fingerprint density at radius 2 is 2.16 bits per heavy atom. The number of aromatic nitrogens is 4. The minimum atomic E-state index is -0.0955. The second kappa shape index (κ2) is 7.35. The Bertz CT molecular complexity index is 1200. The van der Waals surface area contributed by atoms with Gasteiger partial charge < -0.3 is 19.9 Å². The van der Waals surface area contributed by atoms with Crippen molar-refractivity contribution in [1.29, 1.82) is 0 Å². The Hall–Kier alpha value is -3.46. The Kier molecular flexibility index (Phi) is 4.62. The van der Waals surface area contributed by atoms with Gasteiger partial charge in [0.25, 0.3) is 0 Å². The van der Waals surface area contributed by atoms with Crippen molar-refractivity contribution in [3.63, 3.8) is 0 Å². The monoisotopic (exact) mass is 437 g/mol. The molecule has 2 saturated heterocycles. The molecule has 2 aliphatic rings. The van der Waals surface area contributed by atoms with Crippen molar-refractivity contribution in [2.75, 3.05) is 37.0 Å². The largest absolute Gasteiger partial charge is 0.480 e. The van der Waals surface area contributed by atoms with E-state index in [0.717, 1.165) is 37.4 Å². The van der Waals surface area contributed by atoms with Gasteiger partial charge in [0.1, 0.15) is 22.7 Å². The zero-order valence-corrected chi connectivity index (χ0v) is 17.6. The molecule has 1 N–H and O–H groups in total. The molecule has 5 rings (SSSR count). The predicted octanol–water partition coefficient (Wildman–Crippen LogP) is 2.80. The minimum Gasteiger partial charge on any atom is -0.480 e. The second-order valence-corrected chi connectivity index (χ2v) is 8.03. The van der Waals surface area contributed by atoms with Gasteiger partial charge in [-0.2, -0.15) is 0 Å². The third-order valence-corrected chi connectivity index (χ3v) is 6.11. The average Bonchev–Trinajstić information content (AvgIpc) is 2.72. The molecule has 5 heterocycles. The molecule has 9 nitrogen and oxygen atoms in total. The van der Waals surface area contributed by atoms with E-state index in [1.54, 1.807) is 12.3 Å². The summed E-state index contributed by atoms with van der Waals surface area (Å²) in [6, 6.07) is 5.57. The topological polar surface area (TPSA) is 96.4 Å². The molecule has 1 spiro atoms. The lowest BCUT2D eigenvalue weighted by molar-refractivity contribution is -0.144. The van der Waals surface area contributed by atoms with Gasteiger partial charge >= 0.3 is 0 Å². The molecule has 10 heteroatoms. The molecular formula is C21H20ClN7O2. The highest BCUT2D eigenvalue weighted by Gasteiger charge is 2.55. The van der Waals surface area contributed by atoms with E-state index < -0.39 is 0 Å². The molecule has 0 aliphatic carbocycles. The molecule has 0 aromatic carbocycles. The molecule has 2 aliphatic heterocycles. The number of carbonyl (C=O) groups is 1. The van der Waals surface area contributed by atoms with Crippen LogP contribution < -0.4 is 15.0 Å². The zero-order valence-electron chi connectivity index (χ0n) is 16.9. The first-order chi connectivity index (χ1) is 15.0. The van der Waals surface area contributed by atoms with Gasteiger partial charge in [-0.25, -0.2) is 19.9 Å². The molecule has 0 atom stereocenters. The molecule has 3 aromatic heterocycles. The fourth-order valence-corrected chi connectivity index (χ4v) is 4.37. The molecule has 31 heavy (non-hydrogen) atoms. The highest BCUT2D eigenvalue weighted by molar-refractivity contribution is 6.32. The number of nitrogens with zero attached hydrogens (tertiary/aromatic N) is 6. The van der Waals surface area contributed by atoms with E-state index in [1.807, 2.05) is 17.0 Å². The maximum atomic E-state index is 12.0. The quantitative estimate of drug-likeness (QED) is 0.609. The summed E-state index contributed by atoms with van der Waals surface area (Å²) in [6.45, 7) is 5.88. The number of ether oxygens (including phenoxy) is 1. The smallest absolute Gasteiger partial charge is 0.246 e. The fourth-order valence-electron chi connectivity index (χ4n) is 4.13. The van der Waals surface area contributed by atoms with Gasteiger partial charge in [0.05, 0.1) is 30.0 Å². The van der Waals surface area contributed by atoms with Crippen LogP contribution in [0.4, 0.5) is 17.3 Å². The summed E-state index contributed by atoms with van der Waals surface area (Å²) in [5, 5.41) is 3.60.